The van der Waals surface area contributed by atoms with Gasteiger partial charge in [0.1, 0.15) is 17.6 Å². The van der Waals surface area contributed by atoms with E-state index in [1.807, 2.05) is 0 Å². The molecule has 0 saturated heterocycles. The van der Waals surface area contributed by atoms with Crippen LogP contribution < -0.4 is 0 Å². The molecule has 0 bridgehead atoms. The van der Waals surface area contributed by atoms with Gasteiger partial charge in [-0.25, -0.2) is 4.79 Å². The Hall–Kier alpha value is -2.28. The van der Waals surface area contributed by atoms with Crippen LogP contribution in [-0.4, -0.2) is 24.5 Å². The number of phenols is 1. The molecule has 0 aliphatic rings. The van der Waals surface area contributed by atoms with Crippen molar-refractivity contribution in [1.82, 2.24) is 0 Å². The molecule has 4 nitrogen and oxygen atoms in total. The van der Waals surface area contributed by atoms with E-state index in [9.17, 15) is 14.7 Å². The third-order valence-corrected chi connectivity index (χ3v) is 1.82. The maximum absolute atomic E-state index is 11.1. The van der Waals surface area contributed by atoms with Crippen LogP contribution >= 0.6 is 0 Å². The molecule has 1 aromatic rings. The van der Waals surface area contributed by atoms with Crippen molar-refractivity contribution >= 4 is 12.3 Å². The molecule has 0 amide bonds. The summed E-state index contributed by atoms with van der Waals surface area (Å²) in [5.41, 5.74) is 0.621. The monoisotopic (exact) mass is 218 g/mol. The van der Waals surface area contributed by atoms with Crippen molar-refractivity contribution in [1.29, 1.82) is 0 Å². The molecule has 0 aromatic heterocycles. The van der Waals surface area contributed by atoms with Gasteiger partial charge >= 0.3 is 5.97 Å². The van der Waals surface area contributed by atoms with Crippen LogP contribution in [0.2, 0.25) is 0 Å². The summed E-state index contributed by atoms with van der Waals surface area (Å²) in [6, 6.07) is 4.35. The number of benzene rings is 1. The number of methoxy groups -OCH3 is 1. The first-order valence-electron chi connectivity index (χ1n) is 4.53. The molecule has 82 valence electrons. The summed E-state index contributed by atoms with van der Waals surface area (Å²) >= 11 is 0. The fraction of sp³-hybridized carbons (Fsp3) is 0.167. The molecule has 0 aliphatic heterocycles. The van der Waals surface area contributed by atoms with Gasteiger partial charge in [-0.2, -0.15) is 0 Å². The number of hydrogen-bond donors (Lipinski definition) is 1. The van der Waals surface area contributed by atoms with Crippen LogP contribution in [0.4, 0.5) is 0 Å². The van der Waals surface area contributed by atoms with Gasteiger partial charge in [0.2, 0.25) is 0 Å². The lowest BCUT2D eigenvalue weighted by Crippen LogP contribution is -2.01. The Kier molecular flexibility index (Phi) is 4.10. The molecule has 0 heterocycles. The topological polar surface area (TPSA) is 63.6 Å². The molecule has 1 N–H and O–H groups in total. The van der Waals surface area contributed by atoms with Crippen molar-refractivity contribution in [2.24, 2.45) is 0 Å². The number of carbonyl (C=O) groups excluding carboxylic acids is 2. The quantitative estimate of drug-likeness (QED) is 0.459. The Bertz CT molecular complexity index is 466. The van der Waals surface area contributed by atoms with Gasteiger partial charge in [0.15, 0.2) is 0 Å². The first-order chi connectivity index (χ1) is 7.69. The highest BCUT2D eigenvalue weighted by Gasteiger charge is 2.10. The second-order valence-corrected chi connectivity index (χ2v) is 2.90. The third kappa shape index (κ3) is 2.85. The molecule has 0 radical (unpaired) electrons. The molecule has 0 saturated carbocycles. The van der Waals surface area contributed by atoms with Crippen LogP contribution in [-0.2, 0) is 9.53 Å². The molecule has 0 atom stereocenters. The van der Waals surface area contributed by atoms with Crippen LogP contribution in [0.5, 0.6) is 5.75 Å². The van der Waals surface area contributed by atoms with Crippen LogP contribution in [0, 0.1) is 11.8 Å². The number of aldehydes is 1. The number of aromatic hydroxyl groups is 1. The average molecular weight is 218 g/mol. The van der Waals surface area contributed by atoms with Crippen molar-refractivity contribution in [2.45, 2.75) is 6.42 Å². The minimum absolute atomic E-state index is 0.0865. The van der Waals surface area contributed by atoms with E-state index < -0.39 is 5.97 Å². The maximum atomic E-state index is 11.1. The zero-order valence-electron chi connectivity index (χ0n) is 8.69. The molecule has 4 heteroatoms. The fourth-order valence-electron chi connectivity index (χ4n) is 1.09. The molecule has 0 fully saturated rings. The van der Waals surface area contributed by atoms with Gasteiger partial charge in [0.05, 0.1) is 13.5 Å². The molecular weight excluding hydrogens is 208 g/mol. The lowest BCUT2D eigenvalue weighted by atomic mass is 10.1. The van der Waals surface area contributed by atoms with E-state index in [4.69, 9.17) is 0 Å². The van der Waals surface area contributed by atoms with Crippen molar-refractivity contribution in [3.63, 3.8) is 0 Å². The Morgan fingerprint density at radius 3 is 2.88 bits per heavy atom. The minimum atomic E-state index is -0.607. The van der Waals surface area contributed by atoms with Gasteiger partial charge < -0.3 is 14.6 Å². The number of phenolic OH excluding ortho intramolecular Hbond substituents is 1. The smallest absolute Gasteiger partial charge is 0.341 e. The first kappa shape index (κ1) is 11.8. The van der Waals surface area contributed by atoms with Crippen LogP contribution in [0.25, 0.3) is 0 Å². The number of ether oxygens (including phenoxy) is 1. The second kappa shape index (κ2) is 5.56. The van der Waals surface area contributed by atoms with Gasteiger partial charge in [-0.05, 0) is 18.2 Å². The van der Waals surface area contributed by atoms with Crippen molar-refractivity contribution in [2.75, 3.05) is 7.11 Å². The van der Waals surface area contributed by atoms with Gasteiger partial charge in [-0.3, -0.25) is 0 Å². The summed E-state index contributed by atoms with van der Waals surface area (Å²) < 4.78 is 4.47. The standard InChI is InChI=1S/C12H10O4/c1-16-12(15)10-6-5-9(8-11(10)14)4-2-3-7-13/h5-8,14H,3H2,1H3. The van der Waals surface area contributed by atoms with E-state index in [-0.39, 0.29) is 17.7 Å². The second-order valence-electron chi connectivity index (χ2n) is 2.90. The molecule has 16 heavy (non-hydrogen) atoms. The number of carbonyl (C=O) groups is 2. The molecular formula is C12H10O4. The third-order valence-electron chi connectivity index (χ3n) is 1.82. The van der Waals surface area contributed by atoms with E-state index in [1.165, 1.54) is 19.2 Å². The zero-order chi connectivity index (χ0) is 12.0. The van der Waals surface area contributed by atoms with Crippen molar-refractivity contribution in [3.8, 4) is 17.6 Å². The number of esters is 1. The minimum Gasteiger partial charge on any atom is -0.507 e. The summed E-state index contributed by atoms with van der Waals surface area (Å²) in [6.45, 7) is 0. The van der Waals surface area contributed by atoms with E-state index in [2.05, 4.69) is 16.6 Å². The van der Waals surface area contributed by atoms with Crippen LogP contribution in [0.3, 0.4) is 0 Å². The number of rotatable bonds is 2. The number of hydrogen-bond acceptors (Lipinski definition) is 4. The van der Waals surface area contributed by atoms with E-state index in [1.54, 1.807) is 6.07 Å². The Morgan fingerprint density at radius 1 is 1.56 bits per heavy atom. The molecule has 0 aliphatic carbocycles. The Morgan fingerprint density at radius 2 is 2.31 bits per heavy atom. The molecule has 1 aromatic carbocycles. The molecule has 1 rings (SSSR count). The average Bonchev–Trinajstić information content (AvgIpc) is 2.29. The van der Waals surface area contributed by atoms with Gasteiger partial charge in [-0.15, -0.1) is 0 Å². The summed E-state index contributed by atoms with van der Waals surface area (Å²) in [6.07, 6.45) is 0.829. The highest BCUT2D eigenvalue weighted by atomic mass is 16.5. The Labute approximate surface area is 92.9 Å². The van der Waals surface area contributed by atoms with E-state index in [0.717, 1.165) is 0 Å². The summed E-state index contributed by atoms with van der Waals surface area (Å²) in [5.74, 6) is 4.48. The lowest BCUT2D eigenvalue weighted by molar-refractivity contribution is -0.107. The van der Waals surface area contributed by atoms with E-state index in [0.29, 0.717) is 11.8 Å². The van der Waals surface area contributed by atoms with Gasteiger partial charge in [-0.1, -0.05) is 11.8 Å². The van der Waals surface area contributed by atoms with Crippen LogP contribution in [0.1, 0.15) is 22.3 Å². The summed E-state index contributed by atoms with van der Waals surface area (Å²) in [7, 11) is 1.24. The predicted octanol–water partition coefficient (Wildman–Crippen LogP) is 1.12. The van der Waals surface area contributed by atoms with Gasteiger partial charge in [0.25, 0.3) is 0 Å². The molecule has 0 spiro atoms. The fourth-order valence-corrected chi connectivity index (χ4v) is 1.09. The van der Waals surface area contributed by atoms with Crippen molar-refractivity contribution in [3.05, 3.63) is 29.3 Å². The maximum Gasteiger partial charge on any atom is 0.341 e. The SMILES string of the molecule is COC(=O)c1ccc(C#CCC=O)cc1O. The first-order valence-corrected chi connectivity index (χ1v) is 4.53. The van der Waals surface area contributed by atoms with Crippen LogP contribution in [0.15, 0.2) is 18.2 Å². The predicted molar refractivity (Wildman–Crippen MR) is 57.0 cm³/mol. The zero-order valence-corrected chi connectivity index (χ0v) is 8.69. The lowest BCUT2D eigenvalue weighted by Gasteiger charge is -2.02. The van der Waals surface area contributed by atoms with Gasteiger partial charge in [0, 0.05) is 5.56 Å². The van der Waals surface area contributed by atoms with Crippen molar-refractivity contribution < 1.29 is 19.4 Å². The van der Waals surface area contributed by atoms with E-state index >= 15 is 0 Å². The highest BCUT2D eigenvalue weighted by molar-refractivity contribution is 5.92. The molecule has 0 unspecified atom stereocenters. The largest absolute Gasteiger partial charge is 0.507 e. The normalized spacial score (nSPS) is 8.81. The Balaban J connectivity index is 2.96. The highest BCUT2D eigenvalue weighted by Crippen LogP contribution is 2.19. The summed E-state index contributed by atoms with van der Waals surface area (Å²) in [5, 5.41) is 9.51. The summed E-state index contributed by atoms with van der Waals surface area (Å²) in [4.78, 5) is 21.2.